The van der Waals surface area contributed by atoms with Crippen molar-refractivity contribution in [1.29, 1.82) is 0 Å². The molecule has 1 fully saturated rings. The molecule has 2 aromatic rings. The molecular formula is C14H18N4O2. The van der Waals surface area contributed by atoms with Crippen molar-refractivity contribution in [2.45, 2.75) is 32.2 Å². The first kappa shape index (κ1) is 13.1. The van der Waals surface area contributed by atoms with Crippen molar-refractivity contribution in [1.82, 2.24) is 19.5 Å². The Balaban J connectivity index is 1.97. The number of hydrogen-bond donors (Lipinski definition) is 1. The van der Waals surface area contributed by atoms with Crippen molar-refractivity contribution >= 4 is 11.6 Å². The minimum Gasteiger partial charge on any atom is -0.478 e. The van der Waals surface area contributed by atoms with Gasteiger partial charge in [-0.2, -0.15) is 0 Å². The topological polar surface area (TPSA) is 70.7 Å². The molecule has 1 N–H and O–H groups in total. The molecule has 1 aliphatic rings. The van der Waals surface area contributed by atoms with Gasteiger partial charge in [0.05, 0.1) is 11.6 Å². The zero-order valence-electron chi connectivity index (χ0n) is 11.5. The van der Waals surface area contributed by atoms with Crippen LogP contribution in [0.1, 0.15) is 48.4 Å². The summed E-state index contributed by atoms with van der Waals surface area (Å²) in [4.78, 5) is 17.9. The molecule has 6 nitrogen and oxygen atoms in total. The van der Waals surface area contributed by atoms with Crippen LogP contribution in [0.15, 0.2) is 18.3 Å². The predicted molar refractivity (Wildman–Crippen MR) is 73.8 cm³/mol. The van der Waals surface area contributed by atoms with Crippen LogP contribution in [0.25, 0.3) is 5.65 Å². The quantitative estimate of drug-likeness (QED) is 0.926. The average Bonchev–Trinajstić information content (AvgIpc) is 2.89. The molecule has 0 aliphatic carbocycles. The van der Waals surface area contributed by atoms with Crippen molar-refractivity contribution in [2.75, 3.05) is 13.1 Å². The summed E-state index contributed by atoms with van der Waals surface area (Å²) in [6.07, 6.45) is 5.14. The summed E-state index contributed by atoms with van der Waals surface area (Å²) in [6.45, 7) is 4.22. The standard InChI is InChI=1S/C14H18N4O2/c1-2-17-7-4-3-5-11(17)13-15-12-9-10(14(19)20)6-8-18(12)16-13/h6,8-9,11H,2-5,7H2,1H3,(H,19,20). The lowest BCUT2D eigenvalue weighted by Gasteiger charge is -2.32. The van der Waals surface area contributed by atoms with Gasteiger partial charge in [-0.15, -0.1) is 5.10 Å². The number of rotatable bonds is 3. The van der Waals surface area contributed by atoms with Crippen molar-refractivity contribution < 1.29 is 9.90 Å². The second-order valence-electron chi connectivity index (χ2n) is 5.13. The Kier molecular flexibility index (Phi) is 3.40. The maximum absolute atomic E-state index is 11.0. The highest BCUT2D eigenvalue weighted by molar-refractivity contribution is 5.88. The van der Waals surface area contributed by atoms with Crippen molar-refractivity contribution in [3.63, 3.8) is 0 Å². The third kappa shape index (κ3) is 2.27. The summed E-state index contributed by atoms with van der Waals surface area (Å²) < 4.78 is 1.66. The molecule has 0 saturated carbocycles. The van der Waals surface area contributed by atoms with E-state index in [1.165, 1.54) is 12.8 Å². The molecule has 0 bridgehead atoms. The summed E-state index contributed by atoms with van der Waals surface area (Å²) >= 11 is 0. The first-order chi connectivity index (χ1) is 9.69. The monoisotopic (exact) mass is 274 g/mol. The highest BCUT2D eigenvalue weighted by Crippen LogP contribution is 2.28. The largest absolute Gasteiger partial charge is 0.478 e. The lowest BCUT2D eigenvalue weighted by atomic mass is 10.0. The van der Waals surface area contributed by atoms with E-state index < -0.39 is 5.97 Å². The fraction of sp³-hybridized carbons (Fsp3) is 0.500. The van der Waals surface area contributed by atoms with Crippen LogP contribution in [0.4, 0.5) is 0 Å². The maximum Gasteiger partial charge on any atom is 0.335 e. The van der Waals surface area contributed by atoms with Crippen LogP contribution in [0.5, 0.6) is 0 Å². The Labute approximate surface area is 117 Å². The van der Waals surface area contributed by atoms with Crippen LogP contribution in [-0.2, 0) is 0 Å². The summed E-state index contributed by atoms with van der Waals surface area (Å²) in [5, 5.41) is 13.5. The second kappa shape index (κ2) is 5.20. The molecule has 0 aromatic carbocycles. The number of carboxylic acids is 1. The Bertz CT molecular complexity index is 637. The molecule has 2 aromatic heterocycles. The van der Waals surface area contributed by atoms with E-state index in [-0.39, 0.29) is 11.6 Å². The summed E-state index contributed by atoms with van der Waals surface area (Å²) in [5.41, 5.74) is 0.842. The first-order valence-electron chi connectivity index (χ1n) is 7.02. The SMILES string of the molecule is CCN1CCCCC1c1nc2cc(C(=O)O)ccn2n1. The molecule has 106 valence electrons. The number of carboxylic acid groups (broad SMARTS) is 1. The molecule has 3 rings (SSSR count). The Morgan fingerprint density at radius 1 is 1.50 bits per heavy atom. The van der Waals surface area contributed by atoms with E-state index in [2.05, 4.69) is 21.9 Å². The van der Waals surface area contributed by atoms with Gasteiger partial charge < -0.3 is 5.11 Å². The van der Waals surface area contributed by atoms with Gasteiger partial charge in [0, 0.05) is 6.20 Å². The van der Waals surface area contributed by atoms with E-state index in [1.807, 2.05) is 0 Å². The predicted octanol–water partition coefficient (Wildman–Crippen LogP) is 1.97. The van der Waals surface area contributed by atoms with Gasteiger partial charge in [-0.25, -0.2) is 14.3 Å². The number of piperidine rings is 1. The fourth-order valence-electron chi connectivity index (χ4n) is 2.83. The number of aromatic nitrogens is 3. The van der Waals surface area contributed by atoms with Crippen LogP contribution in [0.3, 0.4) is 0 Å². The highest BCUT2D eigenvalue weighted by atomic mass is 16.4. The van der Waals surface area contributed by atoms with Crippen LogP contribution in [-0.4, -0.2) is 43.7 Å². The number of nitrogens with zero attached hydrogens (tertiary/aromatic N) is 4. The third-order valence-corrected chi connectivity index (χ3v) is 3.92. The van der Waals surface area contributed by atoms with Gasteiger partial charge in [0.2, 0.25) is 0 Å². The average molecular weight is 274 g/mol. The van der Waals surface area contributed by atoms with E-state index >= 15 is 0 Å². The number of aromatic carboxylic acids is 1. The normalized spacial score (nSPS) is 20.4. The summed E-state index contributed by atoms with van der Waals surface area (Å²) in [7, 11) is 0. The minimum atomic E-state index is -0.940. The lowest BCUT2D eigenvalue weighted by Crippen LogP contribution is -2.33. The summed E-state index contributed by atoms with van der Waals surface area (Å²) in [5.74, 6) is -0.140. The van der Waals surface area contributed by atoms with Crippen molar-refractivity contribution in [3.05, 3.63) is 29.7 Å². The second-order valence-corrected chi connectivity index (χ2v) is 5.13. The van der Waals surface area contributed by atoms with Crippen LogP contribution >= 0.6 is 0 Å². The van der Waals surface area contributed by atoms with E-state index in [9.17, 15) is 4.79 Å². The molecule has 0 spiro atoms. The fourth-order valence-corrected chi connectivity index (χ4v) is 2.83. The first-order valence-corrected chi connectivity index (χ1v) is 7.02. The summed E-state index contributed by atoms with van der Waals surface area (Å²) in [6, 6.07) is 3.37. The highest BCUT2D eigenvalue weighted by Gasteiger charge is 2.26. The molecule has 6 heteroatoms. The van der Waals surface area contributed by atoms with E-state index in [1.54, 1.807) is 22.8 Å². The van der Waals surface area contributed by atoms with Crippen molar-refractivity contribution in [2.24, 2.45) is 0 Å². The van der Waals surface area contributed by atoms with Gasteiger partial charge in [0.25, 0.3) is 0 Å². The molecular weight excluding hydrogens is 256 g/mol. The zero-order chi connectivity index (χ0) is 14.1. The Morgan fingerprint density at radius 2 is 2.35 bits per heavy atom. The molecule has 1 unspecified atom stereocenters. The van der Waals surface area contributed by atoms with Gasteiger partial charge in [-0.05, 0) is 38.1 Å². The number of likely N-dealkylation sites (tertiary alicyclic amines) is 1. The smallest absolute Gasteiger partial charge is 0.335 e. The molecule has 0 amide bonds. The molecule has 3 heterocycles. The Morgan fingerprint density at radius 3 is 3.10 bits per heavy atom. The molecule has 0 radical (unpaired) electrons. The molecule has 1 aliphatic heterocycles. The van der Waals surface area contributed by atoms with Gasteiger partial charge in [0.1, 0.15) is 0 Å². The van der Waals surface area contributed by atoms with Crippen LogP contribution < -0.4 is 0 Å². The third-order valence-electron chi connectivity index (χ3n) is 3.92. The maximum atomic E-state index is 11.0. The van der Waals surface area contributed by atoms with Gasteiger partial charge in [0.15, 0.2) is 11.5 Å². The van der Waals surface area contributed by atoms with E-state index in [0.717, 1.165) is 25.3 Å². The number of fused-ring (bicyclic) bond motifs is 1. The number of hydrogen-bond acceptors (Lipinski definition) is 4. The van der Waals surface area contributed by atoms with Gasteiger partial charge in [-0.3, -0.25) is 4.90 Å². The van der Waals surface area contributed by atoms with Gasteiger partial charge >= 0.3 is 5.97 Å². The van der Waals surface area contributed by atoms with E-state index in [4.69, 9.17) is 5.11 Å². The zero-order valence-corrected chi connectivity index (χ0v) is 11.5. The van der Waals surface area contributed by atoms with Crippen LogP contribution in [0, 0.1) is 0 Å². The van der Waals surface area contributed by atoms with Crippen LogP contribution in [0.2, 0.25) is 0 Å². The number of carbonyl (C=O) groups is 1. The lowest BCUT2D eigenvalue weighted by molar-refractivity contribution is 0.0697. The number of pyridine rings is 1. The minimum absolute atomic E-state index is 0.243. The Hall–Kier alpha value is -1.95. The van der Waals surface area contributed by atoms with E-state index in [0.29, 0.717) is 5.65 Å². The molecule has 1 atom stereocenters. The van der Waals surface area contributed by atoms with Crippen molar-refractivity contribution in [3.8, 4) is 0 Å². The van der Waals surface area contributed by atoms with Gasteiger partial charge in [-0.1, -0.05) is 13.3 Å². The molecule has 1 saturated heterocycles. The molecule has 20 heavy (non-hydrogen) atoms.